The summed E-state index contributed by atoms with van der Waals surface area (Å²) in [4.78, 5) is 0. The molecule has 2 aromatic carbocycles. The number of rotatable bonds is 1. The molecular formula is C14H8F6O. The molecule has 0 saturated heterocycles. The van der Waals surface area contributed by atoms with Crippen LogP contribution in [0.3, 0.4) is 0 Å². The molecule has 7 heteroatoms. The summed E-state index contributed by atoms with van der Waals surface area (Å²) in [6.45, 7) is 0. The van der Waals surface area contributed by atoms with Gasteiger partial charge in [-0.05, 0) is 29.8 Å². The van der Waals surface area contributed by atoms with Crippen LogP contribution >= 0.6 is 0 Å². The number of hydrogen-bond acceptors (Lipinski definition) is 1. The molecule has 2 rings (SSSR count). The van der Waals surface area contributed by atoms with Gasteiger partial charge in [-0.25, -0.2) is 0 Å². The van der Waals surface area contributed by atoms with Crippen LogP contribution in [-0.2, 0) is 12.4 Å². The van der Waals surface area contributed by atoms with Crippen LogP contribution in [-0.4, -0.2) is 5.11 Å². The molecule has 2 aromatic rings. The second-order valence-corrected chi connectivity index (χ2v) is 4.31. The molecule has 0 unspecified atom stereocenters. The van der Waals surface area contributed by atoms with E-state index in [0.29, 0.717) is 12.1 Å². The minimum absolute atomic E-state index is 0.0175. The highest BCUT2D eigenvalue weighted by Gasteiger charge is 2.32. The van der Waals surface area contributed by atoms with Crippen molar-refractivity contribution in [2.24, 2.45) is 0 Å². The molecule has 0 heterocycles. The summed E-state index contributed by atoms with van der Waals surface area (Å²) in [6.07, 6.45) is -9.21. The van der Waals surface area contributed by atoms with Crippen LogP contribution in [0.25, 0.3) is 11.1 Å². The van der Waals surface area contributed by atoms with Crippen molar-refractivity contribution in [1.29, 1.82) is 0 Å². The fraction of sp³-hybridized carbons (Fsp3) is 0.143. The molecule has 21 heavy (non-hydrogen) atoms. The Kier molecular flexibility index (Phi) is 3.61. The van der Waals surface area contributed by atoms with Gasteiger partial charge in [0.15, 0.2) is 0 Å². The van der Waals surface area contributed by atoms with Gasteiger partial charge in [0.05, 0.1) is 11.1 Å². The maximum atomic E-state index is 12.6. The minimum atomic E-state index is -4.64. The summed E-state index contributed by atoms with van der Waals surface area (Å²) in [7, 11) is 0. The van der Waals surface area contributed by atoms with E-state index in [1.165, 1.54) is 6.07 Å². The van der Waals surface area contributed by atoms with Gasteiger partial charge in [0.2, 0.25) is 0 Å². The van der Waals surface area contributed by atoms with Crippen LogP contribution in [0.5, 0.6) is 5.75 Å². The third-order valence-corrected chi connectivity index (χ3v) is 2.83. The standard InChI is InChI=1S/C14H8F6O/c15-13(16,17)9-3-1-2-8(6-9)11-5-4-10(7-12(11)21)14(18,19)20/h1-7,21H. The van der Waals surface area contributed by atoms with E-state index in [1.807, 2.05) is 0 Å². The average Bonchev–Trinajstić information content (AvgIpc) is 2.36. The van der Waals surface area contributed by atoms with E-state index in [-0.39, 0.29) is 11.1 Å². The summed E-state index contributed by atoms with van der Waals surface area (Å²) in [5.41, 5.74) is -2.14. The topological polar surface area (TPSA) is 20.2 Å². The first-order valence-electron chi connectivity index (χ1n) is 5.67. The first-order valence-corrected chi connectivity index (χ1v) is 5.67. The van der Waals surface area contributed by atoms with Crippen molar-refractivity contribution < 1.29 is 31.4 Å². The molecule has 0 saturated carbocycles. The monoisotopic (exact) mass is 306 g/mol. The molecular weight excluding hydrogens is 298 g/mol. The van der Waals surface area contributed by atoms with Gasteiger partial charge in [0, 0.05) is 5.56 Å². The molecule has 0 aromatic heterocycles. The van der Waals surface area contributed by atoms with Gasteiger partial charge in [0.25, 0.3) is 0 Å². The lowest BCUT2D eigenvalue weighted by atomic mass is 10.0. The van der Waals surface area contributed by atoms with Gasteiger partial charge in [-0.1, -0.05) is 18.2 Å². The zero-order valence-corrected chi connectivity index (χ0v) is 10.3. The SMILES string of the molecule is Oc1cc(C(F)(F)F)ccc1-c1cccc(C(F)(F)F)c1. The van der Waals surface area contributed by atoms with Crippen LogP contribution in [0.4, 0.5) is 26.3 Å². The molecule has 0 aliphatic carbocycles. The normalized spacial score (nSPS) is 12.5. The van der Waals surface area contributed by atoms with E-state index in [0.717, 1.165) is 24.3 Å². The summed E-state index contributed by atoms with van der Waals surface area (Å²) in [5.74, 6) is -0.732. The van der Waals surface area contributed by atoms with Crippen molar-refractivity contribution in [3.05, 3.63) is 53.6 Å². The number of hydrogen-bond donors (Lipinski definition) is 1. The van der Waals surface area contributed by atoms with E-state index < -0.39 is 29.2 Å². The summed E-state index contributed by atoms with van der Waals surface area (Å²) < 4.78 is 75.2. The van der Waals surface area contributed by atoms with E-state index in [4.69, 9.17) is 0 Å². The second-order valence-electron chi connectivity index (χ2n) is 4.31. The Morgan fingerprint density at radius 2 is 1.29 bits per heavy atom. The summed E-state index contributed by atoms with van der Waals surface area (Å²) in [5, 5.41) is 9.62. The number of phenolic OH excluding ortho intramolecular Hbond substituents is 1. The third kappa shape index (κ3) is 3.29. The van der Waals surface area contributed by atoms with Crippen molar-refractivity contribution in [1.82, 2.24) is 0 Å². The molecule has 0 bridgehead atoms. The maximum Gasteiger partial charge on any atom is 0.416 e. The fourth-order valence-electron chi connectivity index (χ4n) is 1.82. The highest BCUT2D eigenvalue weighted by atomic mass is 19.4. The number of phenols is 1. The Morgan fingerprint density at radius 1 is 0.714 bits per heavy atom. The summed E-state index contributed by atoms with van der Waals surface area (Å²) in [6, 6.07) is 6.12. The molecule has 1 N–H and O–H groups in total. The van der Waals surface area contributed by atoms with Gasteiger partial charge >= 0.3 is 12.4 Å². The second kappa shape index (κ2) is 4.98. The molecule has 0 fully saturated rings. The van der Waals surface area contributed by atoms with Crippen molar-refractivity contribution in [2.75, 3.05) is 0 Å². The highest BCUT2D eigenvalue weighted by molar-refractivity contribution is 5.71. The fourth-order valence-corrected chi connectivity index (χ4v) is 1.82. The quantitative estimate of drug-likeness (QED) is 0.727. The van der Waals surface area contributed by atoms with Crippen molar-refractivity contribution in [3.8, 4) is 16.9 Å². The lowest BCUT2D eigenvalue weighted by Gasteiger charge is -2.12. The number of benzene rings is 2. The van der Waals surface area contributed by atoms with Gasteiger partial charge in [-0.2, -0.15) is 26.3 Å². The predicted octanol–water partition coefficient (Wildman–Crippen LogP) is 5.10. The molecule has 0 atom stereocenters. The third-order valence-electron chi connectivity index (χ3n) is 2.83. The van der Waals surface area contributed by atoms with E-state index in [1.54, 1.807) is 0 Å². The van der Waals surface area contributed by atoms with Crippen LogP contribution in [0.15, 0.2) is 42.5 Å². The average molecular weight is 306 g/mol. The Hall–Kier alpha value is -2.18. The zero-order valence-electron chi connectivity index (χ0n) is 10.3. The Balaban J connectivity index is 2.48. The van der Waals surface area contributed by atoms with Crippen molar-refractivity contribution in [3.63, 3.8) is 0 Å². The van der Waals surface area contributed by atoms with Gasteiger partial charge < -0.3 is 5.11 Å². The predicted molar refractivity (Wildman–Crippen MR) is 63.5 cm³/mol. The maximum absolute atomic E-state index is 12.6. The van der Waals surface area contributed by atoms with Crippen molar-refractivity contribution in [2.45, 2.75) is 12.4 Å². The largest absolute Gasteiger partial charge is 0.507 e. The van der Waals surface area contributed by atoms with E-state index >= 15 is 0 Å². The lowest BCUT2D eigenvalue weighted by Crippen LogP contribution is -2.05. The van der Waals surface area contributed by atoms with E-state index in [2.05, 4.69) is 0 Å². The number of alkyl halides is 6. The van der Waals surface area contributed by atoms with Gasteiger partial charge in [-0.15, -0.1) is 0 Å². The van der Waals surface area contributed by atoms with Gasteiger partial charge in [-0.3, -0.25) is 0 Å². The number of halogens is 6. The smallest absolute Gasteiger partial charge is 0.416 e. The Labute approximate surface area is 115 Å². The van der Waals surface area contributed by atoms with E-state index in [9.17, 15) is 31.4 Å². The molecule has 0 aliphatic rings. The Bertz CT molecular complexity index is 657. The Morgan fingerprint density at radius 3 is 1.81 bits per heavy atom. The molecule has 0 amide bonds. The first-order chi connectivity index (χ1) is 9.59. The number of aromatic hydroxyl groups is 1. The molecule has 0 spiro atoms. The van der Waals surface area contributed by atoms with Gasteiger partial charge in [0.1, 0.15) is 5.75 Å². The highest BCUT2D eigenvalue weighted by Crippen LogP contribution is 2.38. The molecule has 112 valence electrons. The first kappa shape index (κ1) is 15.2. The molecule has 1 nitrogen and oxygen atoms in total. The van der Waals surface area contributed by atoms with Crippen LogP contribution in [0.1, 0.15) is 11.1 Å². The molecule has 0 radical (unpaired) electrons. The van der Waals surface area contributed by atoms with Crippen LogP contribution in [0, 0.1) is 0 Å². The minimum Gasteiger partial charge on any atom is -0.507 e. The summed E-state index contributed by atoms with van der Waals surface area (Å²) >= 11 is 0. The van der Waals surface area contributed by atoms with Crippen LogP contribution < -0.4 is 0 Å². The van der Waals surface area contributed by atoms with Crippen LogP contribution in [0.2, 0.25) is 0 Å². The van der Waals surface area contributed by atoms with Crippen molar-refractivity contribution >= 4 is 0 Å². The lowest BCUT2D eigenvalue weighted by molar-refractivity contribution is -0.138. The molecule has 0 aliphatic heterocycles. The zero-order chi connectivity index (χ0) is 15.8.